The number of nitrogens with one attached hydrogen (secondary N) is 1. The van der Waals surface area contributed by atoms with Crippen molar-refractivity contribution in [3.8, 4) is 28.7 Å². The lowest BCUT2D eigenvalue weighted by atomic mass is 10.2. The van der Waals surface area contributed by atoms with Gasteiger partial charge in [0.15, 0.2) is 0 Å². The van der Waals surface area contributed by atoms with E-state index in [2.05, 4.69) is 15.5 Å². The summed E-state index contributed by atoms with van der Waals surface area (Å²) >= 11 is 0. The molecule has 1 N–H and O–H groups in total. The van der Waals surface area contributed by atoms with Crippen molar-refractivity contribution in [2.75, 3.05) is 12.4 Å². The maximum absolute atomic E-state index is 13.1. The molecule has 2 aromatic heterocycles. The highest BCUT2D eigenvalue weighted by molar-refractivity contribution is 5.90. The number of carbonyl (C=O) groups excluding carboxylic acids is 1. The van der Waals surface area contributed by atoms with E-state index < -0.39 is 0 Å². The van der Waals surface area contributed by atoms with Crippen molar-refractivity contribution in [2.45, 2.75) is 20.4 Å². The van der Waals surface area contributed by atoms with Crippen molar-refractivity contribution in [3.63, 3.8) is 0 Å². The molecular formula is C23H21FN4O3. The zero-order chi connectivity index (χ0) is 22.0. The number of hydrogen-bond acceptors (Lipinski definition) is 5. The van der Waals surface area contributed by atoms with Gasteiger partial charge in [0.1, 0.15) is 18.1 Å². The molecule has 0 aliphatic rings. The summed E-state index contributed by atoms with van der Waals surface area (Å²) in [6.07, 6.45) is 0. The molecule has 0 radical (unpaired) electrons. The number of rotatable bonds is 6. The van der Waals surface area contributed by atoms with Crippen LogP contribution in [0.3, 0.4) is 0 Å². The fraction of sp³-hybridized carbons (Fsp3) is 0.174. The predicted octanol–water partition coefficient (Wildman–Crippen LogP) is 4.61. The van der Waals surface area contributed by atoms with E-state index in [0.717, 1.165) is 22.7 Å². The van der Waals surface area contributed by atoms with E-state index in [1.807, 2.05) is 24.5 Å². The van der Waals surface area contributed by atoms with Crippen molar-refractivity contribution in [2.24, 2.45) is 0 Å². The Balaban J connectivity index is 1.52. The molecule has 158 valence electrons. The summed E-state index contributed by atoms with van der Waals surface area (Å²) in [6.45, 7) is 3.95. The van der Waals surface area contributed by atoms with E-state index in [1.54, 1.807) is 43.5 Å². The lowest BCUT2D eigenvalue weighted by Crippen LogP contribution is -2.20. The normalized spacial score (nSPS) is 10.8. The van der Waals surface area contributed by atoms with Crippen LogP contribution in [-0.4, -0.2) is 27.8 Å². The van der Waals surface area contributed by atoms with Crippen LogP contribution in [0.25, 0.3) is 22.9 Å². The summed E-state index contributed by atoms with van der Waals surface area (Å²) in [7, 11) is 1.59. The molecule has 8 heteroatoms. The van der Waals surface area contributed by atoms with Gasteiger partial charge in [-0.2, -0.15) is 0 Å². The highest BCUT2D eigenvalue weighted by Gasteiger charge is 2.18. The molecule has 0 bridgehead atoms. The minimum Gasteiger partial charge on any atom is -0.497 e. The van der Waals surface area contributed by atoms with Crippen LogP contribution in [0.4, 0.5) is 10.1 Å². The molecule has 2 aromatic carbocycles. The fourth-order valence-electron chi connectivity index (χ4n) is 3.32. The van der Waals surface area contributed by atoms with Crippen LogP contribution in [0, 0.1) is 19.7 Å². The van der Waals surface area contributed by atoms with Crippen molar-refractivity contribution in [1.29, 1.82) is 0 Å². The average Bonchev–Trinajstić information content (AvgIpc) is 3.35. The molecule has 7 nitrogen and oxygen atoms in total. The number of benzene rings is 2. The van der Waals surface area contributed by atoms with Gasteiger partial charge in [-0.15, -0.1) is 10.2 Å². The molecule has 0 aliphatic heterocycles. The summed E-state index contributed by atoms with van der Waals surface area (Å²) in [6, 6.07) is 14.9. The van der Waals surface area contributed by atoms with Crippen LogP contribution in [0.5, 0.6) is 5.75 Å². The highest BCUT2D eigenvalue weighted by Crippen LogP contribution is 2.29. The first kappa shape index (κ1) is 20.3. The number of hydrogen-bond donors (Lipinski definition) is 1. The van der Waals surface area contributed by atoms with Crippen molar-refractivity contribution >= 4 is 11.6 Å². The SMILES string of the molecule is COc1ccc(NC(=O)Cn2c(C)cc(-c3nnc(-c4ccc(F)cc4)o3)c2C)cc1. The first-order valence-electron chi connectivity index (χ1n) is 9.65. The molecule has 0 spiro atoms. The smallest absolute Gasteiger partial charge is 0.249 e. The molecule has 0 unspecified atom stereocenters. The molecular weight excluding hydrogens is 399 g/mol. The molecule has 1 amide bonds. The third-order valence-corrected chi connectivity index (χ3v) is 5.00. The fourth-order valence-corrected chi connectivity index (χ4v) is 3.32. The van der Waals surface area contributed by atoms with E-state index in [-0.39, 0.29) is 18.3 Å². The third kappa shape index (κ3) is 4.32. The molecule has 0 atom stereocenters. The monoisotopic (exact) mass is 420 g/mol. The second kappa shape index (κ2) is 8.43. The molecule has 0 saturated carbocycles. The Bertz CT molecular complexity index is 1210. The van der Waals surface area contributed by atoms with E-state index in [0.29, 0.717) is 23.0 Å². The number of halogens is 1. The molecule has 4 rings (SSSR count). The van der Waals surface area contributed by atoms with Gasteiger partial charge < -0.3 is 19.0 Å². The highest BCUT2D eigenvalue weighted by atomic mass is 19.1. The number of amides is 1. The lowest BCUT2D eigenvalue weighted by molar-refractivity contribution is -0.116. The second-order valence-electron chi connectivity index (χ2n) is 7.07. The topological polar surface area (TPSA) is 82.2 Å². The average molecular weight is 420 g/mol. The Labute approximate surface area is 178 Å². The molecule has 31 heavy (non-hydrogen) atoms. The Kier molecular flexibility index (Phi) is 5.53. The van der Waals surface area contributed by atoms with Crippen LogP contribution in [-0.2, 0) is 11.3 Å². The van der Waals surface area contributed by atoms with Gasteiger partial charge in [-0.3, -0.25) is 4.79 Å². The van der Waals surface area contributed by atoms with Gasteiger partial charge >= 0.3 is 0 Å². The zero-order valence-electron chi connectivity index (χ0n) is 17.3. The van der Waals surface area contributed by atoms with Crippen LogP contribution >= 0.6 is 0 Å². The van der Waals surface area contributed by atoms with Crippen molar-refractivity contribution in [3.05, 3.63) is 71.8 Å². The van der Waals surface area contributed by atoms with Crippen molar-refractivity contribution < 1.29 is 18.3 Å². The second-order valence-corrected chi connectivity index (χ2v) is 7.07. The summed E-state index contributed by atoms with van der Waals surface area (Å²) in [4.78, 5) is 12.6. The summed E-state index contributed by atoms with van der Waals surface area (Å²) in [5.41, 5.74) is 3.79. The number of aromatic nitrogens is 3. The van der Waals surface area contributed by atoms with Crippen LogP contribution in [0.1, 0.15) is 11.4 Å². The van der Waals surface area contributed by atoms with Crippen LogP contribution < -0.4 is 10.1 Å². The number of anilines is 1. The summed E-state index contributed by atoms with van der Waals surface area (Å²) in [5.74, 6) is 0.876. The molecule has 4 aromatic rings. The van der Waals surface area contributed by atoms with Gasteiger partial charge in [0.2, 0.25) is 17.7 Å². The number of ether oxygens (including phenoxy) is 1. The van der Waals surface area contributed by atoms with E-state index in [9.17, 15) is 9.18 Å². The van der Waals surface area contributed by atoms with E-state index in [4.69, 9.17) is 9.15 Å². The van der Waals surface area contributed by atoms with Gasteiger partial charge in [0.05, 0.1) is 12.7 Å². The summed E-state index contributed by atoms with van der Waals surface area (Å²) < 4.78 is 26.0. The number of nitrogens with zero attached hydrogens (tertiary/aromatic N) is 3. The molecule has 0 aliphatic carbocycles. The minimum absolute atomic E-state index is 0.142. The van der Waals surface area contributed by atoms with E-state index >= 15 is 0 Å². The standard InChI is InChI=1S/C23H21FN4O3/c1-14-12-20(23-27-26-22(31-23)16-4-6-17(24)7-5-16)15(2)28(14)13-21(29)25-18-8-10-19(30-3)11-9-18/h4-12H,13H2,1-3H3,(H,25,29). The Morgan fingerprint density at radius 3 is 2.42 bits per heavy atom. The number of carbonyl (C=O) groups is 1. The summed E-state index contributed by atoms with van der Waals surface area (Å²) in [5, 5.41) is 11.1. The number of methoxy groups -OCH3 is 1. The largest absolute Gasteiger partial charge is 0.497 e. The zero-order valence-corrected chi connectivity index (χ0v) is 17.3. The molecule has 0 saturated heterocycles. The van der Waals surface area contributed by atoms with Gasteiger partial charge in [0.25, 0.3) is 0 Å². The van der Waals surface area contributed by atoms with Gasteiger partial charge in [0, 0.05) is 22.6 Å². The predicted molar refractivity (Wildman–Crippen MR) is 114 cm³/mol. The Hall–Kier alpha value is -3.94. The van der Waals surface area contributed by atoms with Crippen molar-refractivity contribution in [1.82, 2.24) is 14.8 Å². The van der Waals surface area contributed by atoms with Crippen LogP contribution in [0.2, 0.25) is 0 Å². The van der Waals surface area contributed by atoms with Gasteiger partial charge in [-0.05, 0) is 68.4 Å². The van der Waals surface area contributed by atoms with E-state index in [1.165, 1.54) is 12.1 Å². The maximum atomic E-state index is 13.1. The lowest BCUT2D eigenvalue weighted by Gasteiger charge is -2.10. The van der Waals surface area contributed by atoms with Gasteiger partial charge in [-0.1, -0.05) is 0 Å². The number of aryl methyl sites for hydroxylation is 1. The maximum Gasteiger partial charge on any atom is 0.249 e. The quantitative estimate of drug-likeness (QED) is 0.493. The molecule has 0 fully saturated rings. The Morgan fingerprint density at radius 1 is 1.06 bits per heavy atom. The van der Waals surface area contributed by atoms with Crippen LogP contribution in [0.15, 0.2) is 59.0 Å². The molecule has 2 heterocycles. The third-order valence-electron chi connectivity index (χ3n) is 5.00. The Morgan fingerprint density at radius 2 is 1.74 bits per heavy atom. The van der Waals surface area contributed by atoms with Gasteiger partial charge in [-0.25, -0.2) is 4.39 Å². The first-order chi connectivity index (χ1) is 14.9. The first-order valence-corrected chi connectivity index (χ1v) is 9.65. The minimum atomic E-state index is -0.333.